The number of carbonyl (C=O) groups excluding carboxylic acids is 1. The maximum Gasteiger partial charge on any atom is 0.227 e. The van der Waals surface area contributed by atoms with Crippen LogP contribution in [0.15, 0.2) is 12.4 Å². The van der Waals surface area contributed by atoms with Gasteiger partial charge in [0.15, 0.2) is 0 Å². The molecule has 0 bridgehead atoms. The van der Waals surface area contributed by atoms with Crippen LogP contribution in [0.5, 0.6) is 0 Å². The fourth-order valence-electron chi connectivity index (χ4n) is 3.51. The predicted octanol–water partition coefficient (Wildman–Crippen LogP) is 0.781. The van der Waals surface area contributed by atoms with Gasteiger partial charge in [-0.1, -0.05) is 0 Å². The lowest BCUT2D eigenvalue weighted by Gasteiger charge is -2.37. The number of carbonyl (C=O) groups is 1. The lowest BCUT2D eigenvalue weighted by atomic mass is 9.89. The van der Waals surface area contributed by atoms with Crippen molar-refractivity contribution in [2.45, 2.75) is 32.0 Å². The minimum atomic E-state index is 0. The SMILES string of the molecule is CC1CN(C(=O)[C@H]2CNC[C@@H]2c2cnn(C)c2)CC(C)O1.Cl. The number of morpholine rings is 1. The van der Waals surface area contributed by atoms with E-state index in [-0.39, 0.29) is 42.4 Å². The number of amides is 1. The van der Waals surface area contributed by atoms with E-state index >= 15 is 0 Å². The van der Waals surface area contributed by atoms with Gasteiger partial charge in [-0.25, -0.2) is 0 Å². The van der Waals surface area contributed by atoms with Gasteiger partial charge in [-0.05, 0) is 19.4 Å². The number of nitrogens with zero attached hydrogens (tertiary/aromatic N) is 3. The molecule has 4 atom stereocenters. The Balaban J connectivity index is 0.00000176. The van der Waals surface area contributed by atoms with Crippen molar-refractivity contribution in [2.75, 3.05) is 26.2 Å². The van der Waals surface area contributed by atoms with E-state index in [4.69, 9.17) is 4.74 Å². The number of hydrogen-bond donors (Lipinski definition) is 1. The van der Waals surface area contributed by atoms with Crippen LogP contribution in [0.3, 0.4) is 0 Å². The quantitative estimate of drug-likeness (QED) is 0.871. The fraction of sp³-hybridized carbons (Fsp3) is 0.733. The zero-order chi connectivity index (χ0) is 15.0. The highest BCUT2D eigenvalue weighted by Crippen LogP contribution is 2.30. The maximum absolute atomic E-state index is 12.9. The smallest absolute Gasteiger partial charge is 0.227 e. The molecule has 22 heavy (non-hydrogen) atoms. The van der Waals surface area contributed by atoms with E-state index in [2.05, 4.69) is 10.4 Å². The lowest BCUT2D eigenvalue weighted by molar-refractivity contribution is -0.147. The minimum absolute atomic E-state index is 0. The molecule has 0 spiro atoms. The van der Waals surface area contributed by atoms with Crippen LogP contribution < -0.4 is 5.32 Å². The van der Waals surface area contributed by atoms with Gasteiger partial charge < -0.3 is 15.0 Å². The highest BCUT2D eigenvalue weighted by atomic mass is 35.5. The van der Waals surface area contributed by atoms with Crippen molar-refractivity contribution >= 4 is 18.3 Å². The summed E-state index contributed by atoms with van der Waals surface area (Å²) in [5, 5.41) is 7.59. The average molecular weight is 329 g/mol. The Kier molecular flexibility index (Phi) is 5.47. The van der Waals surface area contributed by atoms with Gasteiger partial charge in [0.1, 0.15) is 0 Å². The summed E-state index contributed by atoms with van der Waals surface area (Å²) in [6, 6.07) is 0. The summed E-state index contributed by atoms with van der Waals surface area (Å²) in [6.07, 6.45) is 4.12. The van der Waals surface area contributed by atoms with Crippen LogP contribution in [0.1, 0.15) is 25.3 Å². The molecule has 1 aromatic heterocycles. The van der Waals surface area contributed by atoms with Crippen molar-refractivity contribution < 1.29 is 9.53 Å². The molecule has 3 rings (SSSR count). The van der Waals surface area contributed by atoms with Gasteiger partial charge in [0.05, 0.1) is 24.3 Å². The summed E-state index contributed by atoms with van der Waals surface area (Å²) in [5.74, 6) is 0.474. The number of aryl methyl sites for hydroxylation is 1. The second kappa shape index (κ2) is 6.98. The van der Waals surface area contributed by atoms with Crippen molar-refractivity contribution in [2.24, 2.45) is 13.0 Å². The molecule has 2 saturated heterocycles. The largest absolute Gasteiger partial charge is 0.372 e. The molecule has 2 aliphatic heterocycles. The van der Waals surface area contributed by atoms with Gasteiger partial charge >= 0.3 is 0 Å². The second-order valence-corrected chi connectivity index (χ2v) is 6.32. The molecule has 7 heteroatoms. The summed E-state index contributed by atoms with van der Waals surface area (Å²) < 4.78 is 7.52. The standard InChI is InChI=1S/C15H24N4O2.ClH/c1-10-7-19(8-11(2)21-10)15(20)14-6-16-5-13(14)12-4-17-18(3)9-12;/h4,9-11,13-14,16H,5-8H2,1-3H3;1H/t10?,11?,13-,14+;/m1./s1. The summed E-state index contributed by atoms with van der Waals surface area (Å²) in [6.45, 7) is 7.04. The Morgan fingerprint density at radius 2 is 2.00 bits per heavy atom. The average Bonchev–Trinajstić information content (AvgIpc) is 3.04. The summed E-state index contributed by atoms with van der Waals surface area (Å²) in [4.78, 5) is 14.9. The zero-order valence-corrected chi connectivity index (χ0v) is 14.2. The third kappa shape index (κ3) is 3.45. The Morgan fingerprint density at radius 1 is 1.32 bits per heavy atom. The first-order chi connectivity index (χ1) is 10.0. The third-order valence-electron chi connectivity index (χ3n) is 4.42. The molecule has 2 unspecified atom stereocenters. The fourth-order valence-corrected chi connectivity index (χ4v) is 3.51. The van der Waals surface area contributed by atoms with E-state index in [1.165, 1.54) is 0 Å². The van der Waals surface area contributed by atoms with E-state index in [0.29, 0.717) is 13.1 Å². The number of hydrogen-bond acceptors (Lipinski definition) is 4. The molecule has 0 aromatic carbocycles. The van der Waals surface area contributed by atoms with Crippen molar-refractivity contribution in [3.8, 4) is 0 Å². The van der Waals surface area contributed by atoms with E-state index in [1.54, 1.807) is 4.68 Å². The third-order valence-corrected chi connectivity index (χ3v) is 4.42. The molecule has 0 radical (unpaired) electrons. The van der Waals surface area contributed by atoms with Crippen LogP contribution in [0.2, 0.25) is 0 Å². The first-order valence-corrected chi connectivity index (χ1v) is 7.68. The van der Waals surface area contributed by atoms with Crippen molar-refractivity contribution in [1.29, 1.82) is 0 Å². The Morgan fingerprint density at radius 3 is 2.59 bits per heavy atom. The van der Waals surface area contributed by atoms with Gasteiger partial charge in [0.25, 0.3) is 0 Å². The van der Waals surface area contributed by atoms with Crippen molar-refractivity contribution in [1.82, 2.24) is 20.0 Å². The molecule has 0 saturated carbocycles. The van der Waals surface area contributed by atoms with Crippen LogP contribution in [-0.2, 0) is 16.6 Å². The Hall–Kier alpha value is -1.11. The van der Waals surface area contributed by atoms with Crippen molar-refractivity contribution in [3.63, 3.8) is 0 Å². The van der Waals surface area contributed by atoms with Crippen molar-refractivity contribution in [3.05, 3.63) is 18.0 Å². The summed E-state index contributed by atoms with van der Waals surface area (Å²) in [5.41, 5.74) is 1.15. The summed E-state index contributed by atoms with van der Waals surface area (Å²) >= 11 is 0. The van der Waals surface area contributed by atoms with Crippen LogP contribution in [0.25, 0.3) is 0 Å². The van der Waals surface area contributed by atoms with Crippen LogP contribution >= 0.6 is 12.4 Å². The molecular weight excluding hydrogens is 304 g/mol. The van der Waals surface area contributed by atoms with E-state index in [1.807, 2.05) is 38.2 Å². The first-order valence-electron chi connectivity index (χ1n) is 7.68. The zero-order valence-electron chi connectivity index (χ0n) is 13.4. The molecule has 2 fully saturated rings. The van der Waals surface area contributed by atoms with Gasteiger partial charge in [-0.15, -0.1) is 12.4 Å². The highest BCUT2D eigenvalue weighted by molar-refractivity contribution is 5.85. The number of aromatic nitrogens is 2. The summed E-state index contributed by atoms with van der Waals surface area (Å²) in [7, 11) is 1.91. The number of halogens is 1. The van der Waals surface area contributed by atoms with Gasteiger partial charge in [-0.2, -0.15) is 5.10 Å². The molecule has 6 nitrogen and oxygen atoms in total. The van der Waals surface area contributed by atoms with E-state index in [0.717, 1.165) is 18.7 Å². The monoisotopic (exact) mass is 328 g/mol. The molecule has 1 N–H and O–H groups in total. The first kappa shape index (κ1) is 17.2. The molecule has 1 aromatic rings. The number of rotatable bonds is 2. The maximum atomic E-state index is 12.9. The molecule has 1 amide bonds. The molecule has 3 heterocycles. The Labute approximate surface area is 137 Å². The number of ether oxygens (including phenoxy) is 1. The lowest BCUT2D eigenvalue weighted by Crippen LogP contribution is -2.50. The molecule has 2 aliphatic rings. The normalized spacial score (nSPS) is 31.9. The molecular formula is C15H25ClN4O2. The molecule has 0 aliphatic carbocycles. The van der Waals surface area contributed by atoms with Crippen LogP contribution in [0, 0.1) is 5.92 Å². The predicted molar refractivity (Wildman–Crippen MR) is 86.1 cm³/mol. The molecule has 124 valence electrons. The van der Waals surface area contributed by atoms with Gasteiger partial charge in [0, 0.05) is 45.3 Å². The van der Waals surface area contributed by atoms with Gasteiger partial charge in [-0.3, -0.25) is 9.48 Å². The van der Waals surface area contributed by atoms with E-state index in [9.17, 15) is 4.79 Å². The minimum Gasteiger partial charge on any atom is -0.372 e. The topological polar surface area (TPSA) is 59.4 Å². The Bertz CT molecular complexity index is 511. The van der Waals surface area contributed by atoms with Crippen LogP contribution in [0.4, 0.5) is 0 Å². The highest BCUT2D eigenvalue weighted by Gasteiger charge is 2.38. The van der Waals surface area contributed by atoms with Gasteiger partial charge in [0.2, 0.25) is 5.91 Å². The number of nitrogens with one attached hydrogen (secondary N) is 1. The van der Waals surface area contributed by atoms with E-state index < -0.39 is 0 Å². The second-order valence-electron chi connectivity index (χ2n) is 6.32. The van der Waals surface area contributed by atoms with Crippen LogP contribution in [-0.4, -0.2) is 59.0 Å².